The number of aryl methyl sites for hydroxylation is 2. The van der Waals surface area contributed by atoms with Crippen LogP contribution in [0.3, 0.4) is 0 Å². The van der Waals surface area contributed by atoms with Crippen molar-refractivity contribution in [3.63, 3.8) is 0 Å². The number of benzene rings is 1. The lowest BCUT2D eigenvalue weighted by Gasteiger charge is -2.13. The molecule has 0 bridgehead atoms. The van der Waals surface area contributed by atoms with Gasteiger partial charge in [0.25, 0.3) is 0 Å². The fourth-order valence-corrected chi connectivity index (χ4v) is 4.62. The van der Waals surface area contributed by atoms with Crippen molar-refractivity contribution in [1.82, 2.24) is 0 Å². The van der Waals surface area contributed by atoms with Crippen LogP contribution in [0.4, 0.5) is 0 Å². The minimum Gasteiger partial charge on any atom is -0.493 e. The van der Waals surface area contributed by atoms with Crippen molar-refractivity contribution in [2.24, 2.45) is 0 Å². The predicted molar refractivity (Wildman–Crippen MR) is 144 cm³/mol. The monoisotopic (exact) mass is 444 g/mol. The van der Waals surface area contributed by atoms with Gasteiger partial charge in [0, 0.05) is 0 Å². The van der Waals surface area contributed by atoms with Crippen molar-refractivity contribution < 1.29 is 4.74 Å². The lowest BCUT2D eigenvalue weighted by atomic mass is 10.0. The highest BCUT2D eigenvalue weighted by Crippen LogP contribution is 2.23. The Labute approximate surface area is 202 Å². The molecule has 1 aromatic rings. The quantitative estimate of drug-likeness (QED) is 0.152. The number of hydrogen-bond acceptors (Lipinski definition) is 1. The van der Waals surface area contributed by atoms with Crippen molar-refractivity contribution in [2.45, 2.75) is 156 Å². The first-order chi connectivity index (χ1) is 15.8. The molecule has 0 fully saturated rings. The summed E-state index contributed by atoms with van der Waals surface area (Å²) in [5.74, 6) is 1.14. The average molecular weight is 445 g/mol. The minimum atomic E-state index is 0.880. The first-order valence-electron chi connectivity index (χ1n) is 14.5. The molecule has 0 aliphatic heterocycles. The Morgan fingerprint density at radius 3 is 1.47 bits per heavy atom. The topological polar surface area (TPSA) is 9.23 Å². The predicted octanol–water partition coefficient (Wildman–Crippen LogP) is 10.8. The summed E-state index contributed by atoms with van der Waals surface area (Å²) in [4.78, 5) is 0. The molecule has 0 aliphatic carbocycles. The molecule has 0 amide bonds. The molecule has 0 aromatic heterocycles. The Balaban J connectivity index is 2.08. The van der Waals surface area contributed by atoms with Gasteiger partial charge in [0.2, 0.25) is 0 Å². The molecule has 186 valence electrons. The molecule has 0 saturated carbocycles. The van der Waals surface area contributed by atoms with Gasteiger partial charge < -0.3 is 4.74 Å². The van der Waals surface area contributed by atoms with Crippen LogP contribution in [0.1, 0.15) is 153 Å². The molecule has 0 heterocycles. The van der Waals surface area contributed by atoms with Gasteiger partial charge >= 0.3 is 0 Å². The van der Waals surface area contributed by atoms with E-state index in [0.717, 1.165) is 12.4 Å². The molecule has 32 heavy (non-hydrogen) atoms. The van der Waals surface area contributed by atoms with Gasteiger partial charge in [-0.15, -0.1) is 0 Å². The average Bonchev–Trinajstić information content (AvgIpc) is 2.80. The molecule has 0 spiro atoms. The number of ether oxygens (including phenoxy) is 1. The minimum absolute atomic E-state index is 0.880. The van der Waals surface area contributed by atoms with Crippen LogP contribution in [-0.2, 0) is 6.42 Å². The van der Waals surface area contributed by atoms with E-state index in [1.54, 1.807) is 0 Å². The zero-order valence-electron chi connectivity index (χ0n) is 22.2. The van der Waals surface area contributed by atoms with Gasteiger partial charge in [-0.2, -0.15) is 0 Å². The molecule has 0 atom stereocenters. The number of rotatable bonds is 23. The zero-order valence-corrected chi connectivity index (χ0v) is 22.2. The Hall–Kier alpha value is -0.980. The second-order valence-electron chi connectivity index (χ2n) is 10.1. The first-order valence-corrected chi connectivity index (χ1v) is 14.5. The largest absolute Gasteiger partial charge is 0.493 e. The van der Waals surface area contributed by atoms with Crippen LogP contribution in [0.5, 0.6) is 5.75 Å². The molecule has 0 saturated heterocycles. The molecule has 1 rings (SSSR count). The van der Waals surface area contributed by atoms with Crippen LogP contribution in [0.15, 0.2) is 18.2 Å². The van der Waals surface area contributed by atoms with Gasteiger partial charge in [-0.25, -0.2) is 0 Å². The van der Waals surface area contributed by atoms with E-state index < -0.39 is 0 Å². The maximum absolute atomic E-state index is 6.21. The van der Waals surface area contributed by atoms with E-state index in [0.29, 0.717) is 0 Å². The third-order valence-electron chi connectivity index (χ3n) is 6.77. The second kappa shape index (κ2) is 21.8. The summed E-state index contributed by atoms with van der Waals surface area (Å²) in [7, 11) is 0. The summed E-state index contributed by atoms with van der Waals surface area (Å²) in [5, 5.41) is 0. The Morgan fingerprint density at radius 2 is 0.969 bits per heavy atom. The summed E-state index contributed by atoms with van der Waals surface area (Å²) >= 11 is 0. The highest BCUT2D eigenvalue weighted by Gasteiger charge is 2.05. The zero-order chi connectivity index (χ0) is 23.1. The molecule has 1 nitrogen and oxygen atoms in total. The van der Waals surface area contributed by atoms with Gasteiger partial charge in [-0.05, 0) is 37.8 Å². The van der Waals surface area contributed by atoms with Gasteiger partial charge in [0.15, 0.2) is 0 Å². The molecular formula is C31H56O. The van der Waals surface area contributed by atoms with E-state index in [1.165, 1.54) is 146 Å². The second-order valence-corrected chi connectivity index (χ2v) is 10.1. The van der Waals surface area contributed by atoms with Gasteiger partial charge in [-0.1, -0.05) is 147 Å². The molecule has 0 N–H and O–H groups in total. The molecule has 1 heteroatoms. The van der Waals surface area contributed by atoms with Crippen molar-refractivity contribution in [2.75, 3.05) is 6.61 Å². The van der Waals surface area contributed by atoms with Gasteiger partial charge in [0.1, 0.15) is 5.75 Å². The van der Waals surface area contributed by atoms with E-state index in [9.17, 15) is 0 Å². The van der Waals surface area contributed by atoms with Crippen molar-refractivity contribution in [1.29, 1.82) is 0 Å². The fourth-order valence-electron chi connectivity index (χ4n) is 4.62. The molecular weight excluding hydrogens is 388 g/mol. The molecule has 0 aliphatic rings. The van der Waals surface area contributed by atoms with E-state index in [1.807, 2.05) is 0 Å². The molecule has 1 aromatic carbocycles. The van der Waals surface area contributed by atoms with Crippen LogP contribution in [-0.4, -0.2) is 6.61 Å². The van der Waals surface area contributed by atoms with E-state index in [4.69, 9.17) is 4.74 Å². The normalized spacial score (nSPS) is 11.2. The smallest absolute Gasteiger partial charge is 0.122 e. The Kier molecular flexibility index (Phi) is 19.8. The maximum Gasteiger partial charge on any atom is 0.122 e. The summed E-state index contributed by atoms with van der Waals surface area (Å²) in [5.41, 5.74) is 2.79. The van der Waals surface area contributed by atoms with Crippen LogP contribution in [0, 0.1) is 6.92 Å². The number of hydrogen-bond donors (Lipinski definition) is 0. The number of unbranched alkanes of at least 4 members (excludes halogenated alkanes) is 18. The van der Waals surface area contributed by atoms with Crippen molar-refractivity contribution >= 4 is 0 Å². The Morgan fingerprint density at radius 1 is 0.531 bits per heavy atom. The molecule has 0 radical (unpaired) electrons. The summed E-state index contributed by atoms with van der Waals surface area (Å²) in [6, 6.07) is 6.76. The fraction of sp³-hybridized carbons (Fsp3) is 0.806. The maximum atomic E-state index is 6.21. The summed E-state index contributed by atoms with van der Waals surface area (Å²) in [6.45, 7) is 7.67. The first kappa shape index (κ1) is 29.1. The Bertz CT molecular complexity index is 521. The molecule has 0 unspecified atom stereocenters. The van der Waals surface area contributed by atoms with Crippen molar-refractivity contribution in [3.8, 4) is 5.75 Å². The SMILES string of the molecule is CCCCCCCCCCCCOc1ccc(C)cc1CCCCCCCCCCCC. The lowest BCUT2D eigenvalue weighted by Crippen LogP contribution is -2.01. The lowest BCUT2D eigenvalue weighted by molar-refractivity contribution is 0.301. The van der Waals surface area contributed by atoms with Crippen LogP contribution >= 0.6 is 0 Å². The highest BCUT2D eigenvalue weighted by molar-refractivity contribution is 5.37. The summed E-state index contributed by atoms with van der Waals surface area (Å²) in [6.07, 6.45) is 28.9. The van der Waals surface area contributed by atoms with Crippen LogP contribution < -0.4 is 4.74 Å². The standard InChI is InChI=1S/C31H56O/c1-4-6-8-10-12-14-16-18-20-22-24-30-28-29(3)25-26-31(30)32-27-23-21-19-17-15-13-11-9-7-5-2/h25-26,28H,4-24,27H2,1-3H3. The van der Waals surface area contributed by atoms with Crippen LogP contribution in [0.25, 0.3) is 0 Å². The van der Waals surface area contributed by atoms with Crippen LogP contribution in [0.2, 0.25) is 0 Å². The van der Waals surface area contributed by atoms with Gasteiger partial charge in [0.05, 0.1) is 6.61 Å². The van der Waals surface area contributed by atoms with Crippen molar-refractivity contribution in [3.05, 3.63) is 29.3 Å². The summed E-state index contributed by atoms with van der Waals surface area (Å²) < 4.78 is 6.21. The van der Waals surface area contributed by atoms with E-state index in [-0.39, 0.29) is 0 Å². The van der Waals surface area contributed by atoms with Gasteiger partial charge in [-0.3, -0.25) is 0 Å². The third-order valence-corrected chi connectivity index (χ3v) is 6.77. The van der Waals surface area contributed by atoms with E-state index in [2.05, 4.69) is 39.0 Å². The highest BCUT2D eigenvalue weighted by atomic mass is 16.5. The third kappa shape index (κ3) is 16.6. The van der Waals surface area contributed by atoms with E-state index >= 15 is 0 Å².